The first-order valence-corrected chi connectivity index (χ1v) is 9.22. The zero-order valence-corrected chi connectivity index (χ0v) is 15.0. The molecule has 0 atom stereocenters. The highest BCUT2D eigenvalue weighted by Crippen LogP contribution is 2.36. The topological polar surface area (TPSA) is 67.9 Å². The predicted octanol–water partition coefficient (Wildman–Crippen LogP) is 2.58. The van der Waals surface area contributed by atoms with Crippen molar-refractivity contribution in [1.82, 2.24) is 10.2 Å². The first-order valence-electron chi connectivity index (χ1n) is 9.22. The molecular formula is C21H22N2O4. The van der Waals surface area contributed by atoms with E-state index in [-0.39, 0.29) is 24.5 Å². The van der Waals surface area contributed by atoms with Gasteiger partial charge in [-0.2, -0.15) is 0 Å². The van der Waals surface area contributed by atoms with Gasteiger partial charge in [0.1, 0.15) is 0 Å². The summed E-state index contributed by atoms with van der Waals surface area (Å²) in [6, 6.07) is 15.2. The van der Waals surface area contributed by atoms with Crippen molar-refractivity contribution in [2.24, 2.45) is 5.92 Å². The van der Waals surface area contributed by atoms with Crippen molar-refractivity contribution < 1.29 is 19.1 Å². The number of ether oxygens (including phenoxy) is 2. The van der Waals surface area contributed by atoms with Crippen LogP contribution in [0.15, 0.2) is 48.5 Å². The van der Waals surface area contributed by atoms with Gasteiger partial charge in [-0.15, -0.1) is 0 Å². The molecule has 0 bridgehead atoms. The second-order valence-electron chi connectivity index (χ2n) is 6.81. The van der Waals surface area contributed by atoms with E-state index in [2.05, 4.69) is 5.32 Å². The highest BCUT2D eigenvalue weighted by molar-refractivity contribution is 5.98. The number of para-hydroxylation sites is 1. The lowest BCUT2D eigenvalue weighted by atomic mass is 9.95. The van der Waals surface area contributed by atoms with Crippen molar-refractivity contribution >= 4 is 11.8 Å². The van der Waals surface area contributed by atoms with Gasteiger partial charge in [0.05, 0.1) is 5.56 Å². The standard InChI is InChI=1S/C21H22N2O4/c24-20(22-13-15-5-2-1-3-6-15)16-9-11-23(12-10-16)21(25)17-7-4-8-18-19(17)27-14-26-18/h1-8,16H,9-14H2,(H,22,24). The summed E-state index contributed by atoms with van der Waals surface area (Å²) < 4.78 is 10.8. The van der Waals surface area contributed by atoms with Gasteiger partial charge in [-0.25, -0.2) is 0 Å². The van der Waals surface area contributed by atoms with Crippen LogP contribution in [-0.2, 0) is 11.3 Å². The van der Waals surface area contributed by atoms with Gasteiger partial charge in [0, 0.05) is 25.6 Å². The molecule has 2 heterocycles. The highest BCUT2D eigenvalue weighted by Gasteiger charge is 2.30. The Morgan fingerprint density at radius 2 is 1.78 bits per heavy atom. The lowest BCUT2D eigenvalue weighted by Crippen LogP contribution is -2.43. The summed E-state index contributed by atoms with van der Waals surface area (Å²) in [5.74, 6) is 1.06. The van der Waals surface area contributed by atoms with Gasteiger partial charge in [0.25, 0.3) is 5.91 Å². The molecule has 6 heteroatoms. The molecule has 2 aromatic carbocycles. The van der Waals surface area contributed by atoms with Crippen LogP contribution in [0.5, 0.6) is 11.5 Å². The van der Waals surface area contributed by atoms with Gasteiger partial charge < -0.3 is 19.7 Å². The van der Waals surface area contributed by atoms with E-state index in [9.17, 15) is 9.59 Å². The van der Waals surface area contributed by atoms with Crippen LogP contribution >= 0.6 is 0 Å². The van der Waals surface area contributed by atoms with Crippen molar-refractivity contribution in [3.05, 3.63) is 59.7 Å². The normalized spacial score (nSPS) is 16.2. The van der Waals surface area contributed by atoms with Crippen LogP contribution in [-0.4, -0.2) is 36.6 Å². The average Bonchev–Trinajstić information content (AvgIpc) is 3.21. The number of nitrogens with zero attached hydrogens (tertiary/aromatic N) is 1. The number of hydrogen-bond donors (Lipinski definition) is 1. The smallest absolute Gasteiger partial charge is 0.257 e. The number of rotatable bonds is 4. The van der Waals surface area contributed by atoms with Crippen molar-refractivity contribution in [3.8, 4) is 11.5 Å². The Kier molecular flexibility index (Phi) is 4.96. The number of piperidine rings is 1. The molecule has 2 amide bonds. The minimum atomic E-state index is -0.0690. The van der Waals surface area contributed by atoms with E-state index in [1.54, 1.807) is 23.1 Å². The summed E-state index contributed by atoms with van der Waals surface area (Å²) >= 11 is 0. The Labute approximate surface area is 158 Å². The second kappa shape index (κ2) is 7.70. The zero-order chi connectivity index (χ0) is 18.6. The quantitative estimate of drug-likeness (QED) is 0.903. The molecule has 1 saturated heterocycles. The lowest BCUT2D eigenvalue weighted by molar-refractivity contribution is -0.126. The zero-order valence-electron chi connectivity index (χ0n) is 15.0. The van der Waals surface area contributed by atoms with Gasteiger partial charge in [0.15, 0.2) is 11.5 Å². The third-order valence-corrected chi connectivity index (χ3v) is 5.09. The first kappa shape index (κ1) is 17.4. The van der Waals surface area contributed by atoms with Gasteiger partial charge >= 0.3 is 0 Å². The van der Waals surface area contributed by atoms with Gasteiger partial charge in [0.2, 0.25) is 12.7 Å². The second-order valence-corrected chi connectivity index (χ2v) is 6.81. The number of amides is 2. The van der Waals surface area contributed by atoms with E-state index < -0.39 is 0 Å². The highest BCUT2D eigenvalue weighted by atomic mass is 16.7. The van der Waals surface area contributed by atoms with Gasteiger partial charge in [-0.3, -0.25) is 9.59 Å². The minimum absolute atomic E-state index is 0.0566. The Hall–Kier alpha value is -3.02. The maximum absolute atomic E-state index is 12.8. The predicted molar refractivity (Wildman–Crippen MR) is 99.5 cm³/mol. The largest absolute Gasteiger partial charge is 0.454 e. The molecule has 27 heavy (non-hydrogen) atoms. The molecule has 1 fully saturated rings. The molecule has 0 aliphatic carbocycles. The van der Waals surface area contributed by atoms with E-state index in [1.165, 1.54) is 0 Å². The molecule has 1 N–H and O–H groups in total. The van der Waals surface area contributed by atoms with E-state index in [1.807, 2.05) is 30.3 Å². The number of nitrogens with one attached hydrogen (secondary N) is 1. The van der Waals surface area contributed by atoms with Crippen LogP contribution in [0.2, 0.25) is 0 Å². The van der Waals surface area contributed by atoms with Crippen LogP contribution in [0.4, 0.5) is 0 Å². The number of carbonyl (C=O) groups excluding carboxylic acids is 2. The van der Waals surface area contributed by atoms with Gasteiger partial charge in [-0.1, -0.05) is 36.4 Å². The van der Waals surface area contributed by atoms with Crippen molar-refractivity contribution in [1.29, 1.82) is 0 Å². The molecule has 0 radical (unpaired) electrons. The Morgan fingerprint density at radius 1 is 1.00 bits per heavy atom. The third-order valence-electron chi connectivity index (χ3n) is 5.09. The molecule has 140 valence electrons. The van der Waals surface area contributed by atoms with Crippen molar-refractivity contribution in [2.45, 2.75) is 19.4 Å². The summed E-state index contributed by atoms with van der Waals surface area (Å²) in [6.07, 6.45) is 1.33. The number of benzene rings is 2. The Balaban J connectivity index is 1.32. The van der Waals surface area contributed by atoms with Crippen LogP contribution in [0.3, 0.4) is 0 Å². The SMILES string of the molecule is O=C(NCc1ccccc1)C1CCN(C(=O)c2cccc3c2OCO3)CC1. The van der Waals surface area contributed by atoms with Crippen LogP contribution in [0.25, 0.3) is 0 Å². The summed E-state index contributed by atoms with van der Waals surface area (Å²) in [6.45, 7) is 1.80. The van der Waals surface area contributed by atoms with Crippen molar-refractivity contribution in [3.63, 3.8) is 0 Å². The van der Waals surface area contributed by atoms with Gasteiger partial charge in [-0.05, 0) is 30.5 Å². The monoisotopic (exact) mass is 366 g/mol. The first-order chi connectivity index (χ1) is 13.2. The molecule has 0 aromatic heterocycles. The van der Waals surface area contributed by atoms with Crippen LogP contribution in [0.1, 0.15) is 28.8 Å². The van der Waals surface area contributed by atoms with E-state index >= 15 is 0 Å². The maximum atomic E-state index is 12.8. The average molecular weight is 366 g/mol. The molecule has 4 rings (SSSR count). The third kappa shape index (κ3) is 3.74. The Morgan fingerprint density at radius 3 is 2.56 bits per heavy atom. The van der Waals surface area contributed by atoms with Crippen molar-refractivity contribution in [2.75, 3.05) is 19.9 Å². The molecule has 2 aromatic rings. The van der Waals surface area contributed by atoms with E-state index in [4.69, 9.17) is 9.47 Å². The number of fused-ring (bicyclic) bond motifs is 1. The summed E-state index contributed by atoms with van der Waals surface area (Å²) in [7, 11) is 0. The fourth-order valence-electron chi connectivity index (χ4n) is 3.54. The summed E-state index contributed by atoms with van der Waals surface area (Å²) in [5, 5.41) is 3.00. The lowest BCUT2D eigenvalue weighted by Gasteiger charge is -2.31. The molecular weight excluding hydrogens is 344 g/mol. The van der Waals surface area contributed by atoms with E-state index in [0.29, 0.717) is 49.5 Å². The fraction of sp³-hybridized carbons (Fsp3) is 0.333. The molecule has 0 unspecified atom stereocenters. The fourth-order valence-corrected chi connectivity index (χ4v) is 3.54. The summed E-state index contributed by atoms with van der Waals surface area (Å²) in [4.78, 5) is 27.0. The minimum Gasteiger partial charge on any atom is -0.454 e. The summed E-state index contributed by atoms with van der Waals surface area (Å²) in [5.41, 5.74) is 1.61. The Bertz CT molecular complexity index is 829. The molecule has 6 nitrogen and oxygen atoms in total. The molecule has 0 spiro atoms. The van der Waals surface area contributed by atoms with Crippen LogP contribution < -0.4 is 14.8 Å². The molecule has 0 saturated carbocycles. The van der Waals surface area contributed by atoms with E-state index in [0.717, 1.165) is 5.56 Å². The molecule has 2 aliphatic heterocycles. The number of likely N-dealkylation sites (tertiary alicyclic amines) is 1. The number of carbonyl (C=O) groups is 2. The van der Waals surface area contributed by atoms with Crippen LogP contribution in [0, 0.1) is 5.92 Å². The maximum Gasteiger partial charge on any atom is 0.257 e. The molecule has 2 aliphatic rings. The number of hydrogen-bond acceptors (Lipinski definition) is 4.